The number of carbonyl (C=O) groups is 1. The van der Waals surface area contributed by atoms with Gasteiger partial charge < -0.3 is 9.26 Å². The molecule has 174 valence electrons. The van der Waals surface area contributed by atoms with E-state index in [-0.39, 0.29) is 12.5 Å². The van der Waals surface area contributed by atoms with Crippen LogP contribution in [-0.4, -0.2) is 27.5 Å². The zero-order chi connectivity index (χ0) is 23.5. The highest BCUT2D eigenvalue weighted by Crippen LogP contribution is 2.30. The van der Waals surface area contributed by atoms with E-state index < -0.39 is 0 Å². The number of hydrogen-bond donors (Lipinski definition) is 1. The molecule has 8 heteroatoms. The number of thiazole rings is 1. The van der Waals surface area contributed by atoms with E-state index in [1.165, 1.54) is 10.4 Å². The Morgan fingerprint density at radius 3 is 2.74 bits per heavy atom. The van der Waals surface area contributed by atoms with Crippen molar-refractivity contribution in [2.45, 2.75) is 40.0 Å². The number of nitrogens with one attached hydrogen (secondary N) is 1. The average Bonchev–Trinajstić information content (AvgIpc) is 3.39. The fraction of sp³-hybridized carbons (Fsp3) is 0.269. The first-order valence-electron chi connectivity index (χ1n) is 11.3. The predicted molar refractivity (Wildman–Crippen MR) is 131 cm³/mol. The lowest BCUT2D eigenvalue weighted by Gasteiger charge is -2.25. The summed E-state index contributed by atoms with van der Waals surface area (Å²) in [6.07, 6.45) is 0.881. The minimum Gasteiger partial charge on any atom is -0.488 e. The van der Waals surface area contributed by atoms with E-state index in [9.17, 15) is 4.79 Å². The summed E-state index contributed by atoms with van der Waals surface area (Å²) in [5.41, 5.74) is 4.52. The second-order valence-electron chi connectivity index (χ2n) is 8.38. The van der Waals surface area contributed by atoms with E-state index in [0.717, 1.165) is 43.0 Å². The van der Waals surface area contributed by atoms with Crippen molar-refractivity contribution in [3.63, 3.8) is 0 Å². The zero-order valence-electron chi connectivity index (χ0n) is 19.2. The van der Waals surface area contributed by atoms with Gasteiger partial charge in [0.1, 0.15) is 18.1 Å². The molecule has 1 aliphatic heterocycles. The predicted octanol–water partition coefficient (Wildman–Crippen LogP) is 5.14. The molecule has 0 atom stereocenters. The normalized spacial score (nSPS) is 13.5. The molecule has 0 spiro atoms. The Hall–Kier alpha value is -3.49. The Kier molecular flexibility index (Phi) is 6.42. The third-order valence-corrected chi connectivity index (χ3v) is 6.96. The zero-order valence-corrected chi connectivity index (χ0v) is 20.0. The van der Waals surface area contributed by atoms with Gasteiger partial charge in [-0.05, 0) is 31.5 Å². The monoisotopic (exact) mass is 474 g/mol. The second kappa shape index (κ2) is 9.79. The maximum absolute atomic E-state index is 13.1. The molecule has 0 saturated heterocycles. The molecule has 0 bridgehead atoms. The molecule has 5 rings (SSSR count). The van der Waals surface area contributed by atoms with Gasteiger partial charge in [-0.1, -0.05) is 47.6 Å². The summed E-state index contributed by atoms with van der Waals surface area (Å²) < 4.78 is 11.2. The van der Waals surface area contributed by atoms with Crippen LogP contribution >= 0.6 is 11.3 Å². The largest absolute Gasteiger partial charge is 0.488 e. The third kappa shape index (κ3) is 4.88. The molecule has 2 aromatic carbocycles. The third-order valence-electron chi connectivity index (χ3n) is 5.96. The van der Waals surface area contributed by atoms with Crippen LogP contribution in [0, 0.1) is 13.8 Å². The summed E-state index contributed by atoms with van der Waals surface area (Å²) in [7, 11) is 0. The van der Waals surface area contributed by atoms with Gasteiger partial charge >= 0.3 is 0 Å². The van der Waals surface area contributed by atoms with Gasteiger partial charge in [0, 0.05) is 30.9 Å². The number of anilines is 1. The lowest BCUT2D eigenvalue weighted by atomic mass is 10.1. The fourth-order valence-corrected chi connectivity index (χ4v) is 5.13. The number of benzene rings is 2. The van der Waals surface area contributed by atoms with Gasteiger partial charge in [-0.15, -0.1) is 11.3 Å². The van der Waals surface area contributed by atoms with E-state index in [0.29, 0.717) is 22.2 Å². The Bertz CT molecular complexity index is 1280. The van der Waals surface area contributed by atoms with E-state index in [4.69, 9.17) is 14.2 Å². The van der Waals surface area contributed by atoms with E-state index in [2.05, 4.69) is 39.6 Å². The molecular formula is C26H26N4O3S. The SMILES string of the molecule is Cc1noc(C)c1COc1ccccc1C(=O)Nc1nc2c(s1)CN(Cc1ccccc1)CC2. The highest BCUT2D eigenvalue weighted by molar-refractivity contribution is 7.15. The van der Waals surface area contributed by atoms with Gasteiger partial charge in [-0.2, -0.15) is 0 Å². The van der Waals surface area contributed by atoms with Crippen molar-refractivity contribution in [1.29, 1.82) is 0 Å². The number of fused-ring (bicyclic) bond motifs is 1. The quantitative estimate of drug-likeness (QED) is 0.400. The molecule has 1 amide bonds. The van der Waals surface area contributed by atoms with Crippen molar-refractivity contribution in [3.05, 3.63) is 93.3 Å². The minimum atomic E-state index is -0.235. The average molecular weight is 475 g/mol. The first kappa shape index (κ1) is 22.3. The van der Waals surface area contributed by atoms with Gasteiger partial charge in [0.05, 0.1) is 22.5 Å². The van der Waals surface area contributed by atoms with Gasteiger partial charge in [0.15, 0.2) is 5.13 Å². The van der Waals surface area contributed by atoms with Crippen LogP contribution in [0.5, 0.6) is 5.75 Å². The van der Waals surface area contributed by atoms with Crippen LogP contribution in [0.1, 0.15) is 43.5 Å². The molecular weight excluding hydrogens is 448 g/mol. The summed E-state index contributed by atoms with van der Waals surface area (Å²) in [5.74, 6) is 0.992. The van der Waals surface area contributed by atoms with Crippen LogP contribution in [0.25, 0.3) is 0 Å². The molecule has 0 unspecified atom stereocenters. The van der Waals surface area contributed by atoms with Crippen molar-refractivity contribution >= 4 is 22.4 Å². The molecule has 7 nitrogen and oxygen atoms in total. The van der Waals surface area contributed by atoms with E-state index in [1.54, 1.807) is 23.5 Å². The molecule has 0 saturated carbocycles. The van der Waals surface area contributed by atoms with Crippen LogP contribution < -0.4 is 10.1 Å². The van der Waals surface area contributed by atoms with Crippen molar-refractivity contribution in [3.8, 4) is 5.75 Å². The second-order valence-corrected chi connectivity index (χ2v) is 9.46. The number of nitrogens with zero attached hydrogens (tertiary/aromatic N) is 3. The summed E-state index contributed by atoms with van der Waals surface area (Å²) in [5, 5.41) is 7.56. The molecule has 0 fully saturated rings. The first-order valence-corrected chi connectivity index (χ1v) is 12.1. The summed E-state index contributed by atoms with van der Waals surface area (Å²) in [6, 6.07) is 17.7. The molecule has 34 heavy (non-hydrogen) atoms. The Morgan fingerprint density at radius 2 is 1.94 bits per heavy atom. The lowest BCUT2D eigenvalue weighted by Crippen LogP contribution is -2.29. The smallest absolute Gasteiger partial charge is 0.261 e. The highest BCUT2D eigenvalue weighted by atomic mass is 32.1. The minimum absolute atomic E-state index is 0.235. The lowest BCUT2D eigenvalue weighted by molar-refractivity contribution is 0.102. The topological polar surface area (TPSA) is 80.5 Å². The molecule has 0 aliphatic carbocycles. The number of aromatic nitrogens is 2. The van der Waals surface area contributed by atoms with Crippen LogP contribution in [0.2, 0.25) is 0 Å². The standard InChI is InChI=1S/C26H26N4O3S/c1-17-21(18(2)33-29-17)16-32-23-11-7-6-10-20(23)25(31)28-26-27-22-12-13-30(15-24(22)34-26)14-19-8-4-3-5-9-19/h3-11H,12-16H2,1-2H3,(H,27,28,31). The van der Waals surface area contributed by atoms with Crippen LogP contribution in [0.3, 0.4) is 0 Å². The number of rotatable bonds is 7. The maximum atomic E-state index is 13.1. The highest BCUT2D eigenvalue weighted by Gasteiger charge is 2.22. The summed E-state index contributed by atoms with van der Waals surface area (Å²) >= 11 is 1.55. The van der Waals surface area contributed by atoms with Gasteiger partial charge in [0.25, 0.3) is 5.91 Å². The number of hydrogen-bond acceptors (Lipinski definition) is 7. The maximum Gasteiger partial charge on any atom is 0.261 e. The number of ether oxygens (including phenoxy) is 1. The number of para-hydroxylation sites is 1. The van der Waals surface area contributed by atoms with Crippen molar-refractivity contribution in [2.75, 3.05) is 11.9 Å². The molecule has 2 aromatic heterocycles. The van der Waals surface area contributed by atoms with E-state index >= 15 is 0 Å². The Labute approximate surface area is 202 Å². The van der Waals surface area contributed by atoms with Crippen molar-refractivity contribution in [2.24, 2.45) is 0 Å². The summed E-state index contributed by atoms with van der Waals surface area (Å²) in [4.78, 5) is 21.4. The fourth-order valence-electron chi connectivity index (χ4n) is 4.08. The summed E-state index contributed by atoms with van der Waals surface area (Å²) in [6.45, 7) is 6.72. The Morgan fingerprint density at radius 1 is 1.15 bits per heavy atom. The molecule has 0 radical (unpaired) electrons. The molecule has 1 N–H and O–H groups in total. The van der Waals surface area contributed by atoms with E-state index in [1.807, 2.05) is 32.0 Å². The number of carbonyl (C=O) groups excluding carboxylic acids is 1. The van der Waals surface area contributed by atoms with Gasteiger partial charge in [-0.3, -0.25) is 15.0 Å². The first-order chi connectivity index (χ1) is 16.6. The number of aryl methyl sites for hydroxylation is 2. The Balaban J connectivity index is 1.25. The van der Waals surface area contributed by atoms with Gasteiger partial charge in [-0.25, -0.2) is 4.98 Å². The van der Waals surface area contributed by atoms with Crippen molar-refractivity contribution < 1.29 is 14.1 Å². The van der Waals surface area contributed by atoms with Crippen LogP contribution in [0.4, 0.5) is 5.13 Å². The molecule has 4 aromatic rings. The van der Waals surface area contributed by atoms with Crippen LogP contribution in [-0.2, 0) is 26.1 Å². The van der Waals surface area contributed by atoms with Crippen molar-refractivity contribution in [1.82, 2.24) is 15.0 Å². The van der Waals surface area contributed by atoms with Gasteiger partial charge in [0.2, 0.25) is 0 Å². The molecule has 3 heterocycles. The number of amides is 1. The molecule has 1 aliphatic rings. The van der Waals surface area contributed by atoms with Crippen LogP contribution in [0.15, 0.2) is 59.1 Å².